The standard InChI is InChI=1S/C51H88O5/c1-18-41-33(6)31(4)35(8)45(54-41)53-28-43-34(7)32(5)36(9)46(56-43)55-42-26-39-40(52)25-38-37(49(39,15)27-29(42)2)20-23-51(17)44(21-24-50(38,51)16)48(13,14)30(3)19-22-47(10,11)12/h25,29-37,39,41-46H,18-24,26-28H2,1-17H3/t29-,30+,31?,32?,33?,34?,35?,36?,37?,39-,41?,42+,43?,44+,45?,46?,49+,50-,51+/m0/s1. The molecule has 4 aliphatic carbocycles. The van der Waals surface area contributed by atoms with Crippen LogP contribution in [-0.2, 0) is 23.7 Å². The molecule has 0 aromatic rings. The highest BCUT2D eigenvalue weighted by molar-refractivity contribution is 5.94. The third kappa shape index (κ3) is 7.61. The molecular formula is C51H88O5. The number of carbonyl (C=O) groups excluding carboxylic acids is 1. The van der Waals surface area contributed by atoms with E-state index >= 15 is 0 Å². The Labute approximate surface area is 345 Å². The molecule has 322 valence electrons. The van der Waals surface area contributed by atoms with E-state index in [9.17, 15) is 4.79 Å². The number of rotatable bonds is 10. The summed E-state index contributed by atoms with van der Waals surface area (Å²) in [6.07, 6.45) is 12.2. The molecule has 56 heavy (non-hydrogen) atoms. The molecule has 2 saturated heterocycles. The van der Waals surface area contributed by atoms with Crippen LogP contribution in [0.4, 0.5) is 0 Å². The molecule has 0 bridgehead atoms. The van der Waals surface area contributed by atoms with Gasteiger partial charge in [-0.1, -0.05) is 123 Å². The third-order valence-corrected chi connectivity index (χ3v) is 19.6. The van der Waals surface area contributed by atoms with Crippen LogP contribution >= 0.6 is 0 Å². The fraction of sp³-hybridized carbons (Fsp3) is 0.941. The van der Waals surface area contributed by atoms with E-state index in [-0.39, 0.29) is 64.4 Å². The van der Waals surface area contributed by atoms with E-state index in [1.54, 1.807) is 0 Å². The van der Waals surface area contributed by atoms with Gasteiger partial charge in [0.1, 0.15) is 0 Å². The summed E-state index contributed by atoms with van der Waals surface area (Å²) in [5.41, 5.74) is 2.40. The van der Waals surface area contributed by atoms with Gasteiger partial charge < -0.3 is 18.9 Å². The molecule has 0 N–H and O–H groups in total. The second-order valence-electron chi connectivity index (χ2n) is 23.9. The largest absolute Gasteiger partial charge is 0.350 e. The summed E-state index contributed by atoms with van der Waals surface area (Å²) in [5.74, 6) is 4.99. The van der Waals surface area contributed by atoms with Gasteiger partial charge in [0.05, 0.1) is 24.9 Å². The van der Waals surface area contributed by atoms with Crippen molar-refractivity contribution in [3.63, 3.8) is 0 Å². The smallest absolute Gasteiger partial charge is 0.161 e. The van der Waals surface area contributed by atoms with Crippen molar-refractivity contribution in [2.45, 2.75) is 206 Å². The molecule has 0 spiro atoms. The topological polar surface area (TPSA) is 54.0 Å². The van der Waals surface area contributed by atoms with Crippen molar-refractivity contribution >= 4 is 5.78 Å². The molecule has 0 radical (unpaired) electrons. The number of hydrogen-bond acceptors (Lipinski definition) is 5. The summed E-state index contributed by atoms with van der Waals surface area (Å²) < 4.78 is 27.1. The van der Waals surface area contributed by atoms with Gasteiger partial charge in [-0.25, -0.2) is 0 Å². The Balaban J connectivity index is 1.15. The minimum absolute atomic E-state index is 0.00615. The Morgan fingerprint density at radius 2 is 1.41 bits per heavy atom. The lowest BCUT2D eigenvalue weighted by molar-refractivity contribution is -0.303. The minimum atomic E-state index is -0.303. The van der Waals surface area contributed by atoms with Gasteiger partial charge in [0.15, 0.2) is 18.4 Å². The first-order valence-electron chi connectivity index (χ1n) is 23.7. The highest BCUT2D eigenvalue weighted by Gasteiger charge is 2.67. The third-order valence-electron chi connectivity index (χ3n) is 19.6. The monoisotopic (exact) mass is 781 g/mol. The molecule has 5 heteroatoms. The van der Waals surface area contributed by atoms with Crippen LogP contribution in [-0.4, -0.2) is 43.3 Å². The van der Waals surface area contributed by atoms with Gasteiger partial charge in [-0.2, -0.15) is 0 Å². The Bertz CT molecular complexity index is 1430. The number of fused-ring (bicyclic) bond motifs is 5. The van der Waals surface area contributed by atoms with Crippen molar-refractivity contribution < 1.29 is 23.7 Å². The lowest BCUT2D eigenvalue weighted by Crippen LogP contribution is -2.58. The number of hydrogen-bond donors (Lipinski definition) is 0. The van der Waals surface area contributed by atoms with Gasteiger partial charge >= 0.3 is 0 Å². The molecule has 0 aromatic carbocycles. The SMILES string of the molecule is CCC1OC(OCC2OC(O[C@@H]3C[C@H]4C(=O)C=C5C(CC[C@]6(C)[C@@H](C(C)(C)[C@H](C)CCC(C)(C)C)CC[C@@]56C)[C@@]4(C)C[C@@H]3C)C(C)C(C)C2C)C(C)C(C)C1C. The lowest BCUT2D eigenvalue weighted by atomic mass is 9.42. The molecule has 11 unspecified atom stereocenters. The molecule has 5 fully saturated rings. The molecule has 5 nitrogen and oxygen atoms in total. The van der Waals surface area contributed by atoms with Crippen molar-refractivity contribution in [1.82, 2.24) is 0 Å². The predicted octanol–water partition coefficient (Wildman–Crippen LogP) is 12.9. The quantitative estimate of drug-likeness (QED) is 0.221. The van der Waals surface area contributed by atoms with Crippen molar-refractivity contribution in [3.05, 3.63) is 11.6 Å². The number of carbonyl (C=O) groups is 1. The maximum Gasteiger partial charge on any atom is 0.161 e. The molecular weight excluding hydrogens is 693 g/mol. The first-order valence-corrected chi connectivity index (χ1v) is 23.7. The van der Waals surface area contributed by atoms with Gasteiger partial charge in [0.2, 0.25) is 0 Å². The summed E-state index contributed by atoms with van der Waals surface area (Å²) in [6, 6.07) is 0. The van der Waals surface area contributed by atoms with Crippen LogP contribution in [0, 0.1) is 92.2 Å². The fourth-order valence-corrected chi connectivity index (χ4v) is 14.1. The molecule has 0 amide bonds. The highest BCUT2D eigenvalue weighted by atomic mass is 16.7. The predicted molar refractivity (Wildman–Crippen MR) is 230 cm³/mol. The lowest BCUT2D eigenvalue weighted by Gasteiger charge is -2.62. The number of allylic oxidation sites excluding steroid dienone is 2. The Morgan fingerprint density at radius 3 is 2.04 bits per heavy atom. The Morgan fingerprint density at radius 1 is 0.804 bits per heavy atom. The van der Waals surface area contributed by atoms with Gasteiger partial charge in [0.25, 0.3) is 0 Å². The average Bonchev–Trinajstić information content (AvgIpc) is 3.41. The summed E-state index contributed by atoms with van der Waals surface area (Å²) in [6.45, 7) is 41.6. The molecule has 6 rings (SSSR count). The summed E-state index contributed by atoms with van der Waals surface area (Å²) in [5, 5.41) is 0. The molecule has 0 aromatic heterocycles. The van der Waals surface area contributed by atoms with Crippen molar-refractivity contribution in [2.24, 2.45) is 92.2 Å². The van der Waals surface area contributed by atoms with E-state index < -0.39 is 0 Å². The zero-order chi connectivity index (χ0) is 41.5. The summed E-state index contributed by atoms with van der Waals surface area (Å²) in [7, 11) is 0. The number of ether oxygens (including phenoxy) is 4. The minimum Gasteiger partial charge on any atom is -0.350 e. The molecule has 3 saturated carbocycles. The zero-order valence-corrected chi connectivity index (χ0v) is 39.4. The van der Waals surface area contributed by atoms with E-state index in [2.05, 4.69) is 124 Å². The van der Waals surface area contributed by atoms with Crippen LogP contribution < -0.4 is 0 Å². The molecule has 2 heterocycles. The van der Waals surface area contributed by atoms with E-state index in [1.807, 2.05) is 0 Å². The maximum absolute atomic E-state index is 14.6. The van der Waals surface area contributed by atoms with Crippen LogP contribution in [0.25, 0.3) is 0 Å². The summed E-state index contributed by atoms with van der Waals surface area (Å²) >= 11 is 0. The first-order chi connectivity index (χ1) is 25.9. The normalized spacial score (nSPS) is 49.1. The van der Waals surface area contributed by atoms with Crippen molar-refractivity contribution in [3.8, 4) is 0 Å². The van der Waals surface area contributed by atoms with Crippen molar-refractivity contribution in [1.29, 1.82) is 0 Å². The zero-order valence-electron chi connectivity index (χ0n) is 39.4. The summed E-state index contributed by atoms with van der Waals surface area (Å²) in [4.78, 5) is 14.6. The first kappa shape index (κ1) is 44.8. The van der Waals surface area contributed by atoms with Gasteiger partial charge in [0, 0.05) is 17.8 Å². The Kier molecular flexibility index (Phi) is 12.7. The Hall–Kier alpha value is -0.750. The van der Waals surface area contributed by atoms with Gasteiger partial charge in [-0.15, -0.1) is 0 Å². The highest BCUT2D eigenvalue weighted by Crippen LogP contribution is 2.74. The van der Waals surface area contributed by atoms with E-state index in [4.69, 9.17) is 18.9 Å². The van der Waals surface area contributed by atoms with E-state index in [0.717, 1.165) is 19.3 Å². The molecule has 2 aliphatic heterocycles. The average molecular weight is 781 g/mol. The van der Waals surface area contributed by atoms with Crippen LogP contribution in [0.3, 0.4) is 0 Å². The second kappa shape index (κ2) is 15.9. The van der Waals surface area contributed by atoms with Crippen LogP contribution in [0.1, 0.15) is 175 Å². The number of ketones is 1. The maximum atomic E-state index is 14.6. The van der Waals surface area contributed by atoms with Gasteiger partial charge in [-0.3, -0.25) is 4.79 Å². The van der Waals surface area contributed by atoms with E-state index in [1.165, 1.54) is 44.1 Å². The van der Waals surface area contributed by atoms with E-state index in [0.29, 0.717) is 71.1 Å². The van der Waals surface area contributed by atoms with Crippen LogP contribution in [0.2, 0.25) is 0 Å². The van der Waals surface area contributed by atoms with Crippen LogP contribution in [0.5, 0.6) is 0 Å². The van der Waals surface area contributed by atoms with Crippen LogP contribution in [0.15, 0.2) is 11.6 Å². The molecule has 19 atom stereocenters. The molecule has 6 aliphatic rings. The van der Waals surface area contributed by atoms with Crippen molar-refractivity contribution in [2.75, 3.05) is 6.61 Å². The fourth-order valence-electron chi connectivity index (χ4n) is 14.1. The van der Waals surface area contributed by atoms with Gasteiger partial charge in [-0.05, 0) is 138 Å². The second-order valence-corrected chi connectivity index (χ2v) is 23.9.